The van der Waals surface area contributed by atoms with E-state index in [1.54, 1.807) is 12.4 Å². The molecule has 0 radical (unpaired) electrons. The Labute approximate surface area is 316 Å². The van der Waals surface area contributed by atoms with E-state index >= 15 is 0 Å². The van der Waals surface area contributed by atoms with Gasteiger partial charge in [0.1, 0.15) is 0 Å². The Morgan fingerprint density at radius 2 is 0.942 bits per heavy atom. The maximum atomic E-state index is 5.50. The molecule has 2 fully saturated rings. The molecule has 0 atom stereocenters. The Bertz CT molecular complexity index is 1880. The molecule has 2 saturated heterocycles. The molecule has 0 amide bonds. The van der Waals surface area contributed by atoms with Crippen LogP contribution in [0.1, 0.15) is 11.1 Å². The minimum Gasteiger partial charge on any atom is -0.378 e. The summed E-state index contributed by atoms with van der Waals surface area (Å²) in [7, 11) is 0. The maximum absolute atomic E-state index is 5.50. The van der Waals surface area contributed by atoms with Crippen LogP contribution in [0.4, 0.5) is 47.1 Å². The highest BCUT2D eigenvalue weighted by Crippen LogP contribution is 2.23. The summed E-state index contributed by atoms with van der Waals surface area (Å²) in [5, 5.41) is 15.3. The average Bonchev–Trinajstić information content (AvgIpc) is 3.16. The highest BCUT2D eigenvalue weighted by molar-refractivity contribution is 9.10. The van der Waals surface area contributed by atoms with E-state index in [4.69, 9.17) is 9.47 Å². The zero-order valence-electron chi connectivity index (χ0n) is 27.8. The summed E-state index contributed by atoms with van der Waals surface area (Å²) in [4.78, 5) is 31.7. The summed E-state index contributed by atoms with van der Waals surface area (Å²) in [5.41, 5.74) is 9.32. The summed E-state index contributed by atoms with van der Waals surface area (Å²) in [5.74, 6) is 2.50. The van der Waals surface area contributed by atoms with Gasteiger partial charge in [-0.3, -0.25) is 0 Å². The van der Waals surface area contributed by atoms with Crippen LogP contribution in [0.15, 0.2) is 91.9 Å². The monoisotopic (exact) mass is 828 g/mol. The van der Waals surface area contributed by atoms with Crippen molar-refractivity contribution in [3.63, 3.8) is 0 Å². The summed E-state index contributed by atoms with van der Waals surface area (Å²) in [6.07, 6.45) is 3.38. The van der Waals surface area contributed by atoms with E-state index in [0.29, 0.717) is 88.3 Å². The third-order valence-electron chi connectivity index (χ3n) is 7.69. The lowest BCUT2D eigenvalue weighted by Gasteiger charge is -2.27. The predicted octanol–water partition coefficient (Wildman–Crippen LogP) is 5.63. The fourth-order valence-electron chi connectivity index (χ4n) is 5.14. The van der Waals surface area contributed by atoms with Crippen molar-refractivity contribution in [3.05, 3.63) is 92.9 Å². The maximum Gasteiger partial charge on any atom is 0.250 e. The molecule has 4 N–H and O–H groups in total. The highest BCUT2D eigenvalue weighted by atomic mass is 79.9. The van der Waals surface area contributed by atoms with Crippen molar-refractivity contribution in [2.24, 2.45) is 10.2 Å². The fourth-order valence-corrected chi connectivity index (χ4v) is 5.94. The molecule has 0 unspecified atom stereocenters. The van der Waals surface area contributed by atoms with Crippen molar-refractivity contribution < 1.29 is 9.47 Å². The predicted molar refractivity (Wildman–Crippen MR) is 209 cm³/mol. The molecule has 52 heavy (non-hydrogen) atoms. The summed E-state index contributed by atoms with van der Waals surface area (Å²) in [6, 6.07) is 23.3. The number of anilines is 8. The van der Waals surface area contributed by atoms with Crippen LogP contribution < -0.4 is 31.3 Å². The van der Waals surface area contributed by atoms with Crippen molar-refractivity contribution in [1.29, 1.82) is 0 Å². The molecule has 16 nitrogen and oxygen atoms in total. The van der Waals surface area contributed by atoms with Gasteiger partial charge < -0.3 is 29.9 Å². The summed E-state index contributed by atoms with van der Waals surface area (Å²) in [6.45, 7) is 5.17. The highest BCUT2D eigenvalue weighted by Gasteiger charge is 2.18. The summed E-state index contributed by atoms with van der Waals surface area (Å²) >= 11 is 7.01. The van der Waals surface area contributed by atoms with Gasteiger partial charge in [-0.25, -0.2) is 10.9 Å². The molecule has 2 aliphatic rings. The molecule has 0 saturated carbocycles. The zero-order chi connectivity index (χ0) is 35.5. The van der Waals surface area contributed by atoms with Crippen molar-refractivity contribution in [2.45, 2.75) is 0 Å². The van der Waals surface area contributed by atoms with Gasteiger partial charge in [0.15, 0.2) is 0 Å². The minimum absolute atomic E-state index is 0.310. The molecule has 0 spiro atoms. The molecular weight excluding hydrogens is 796 g/mol. The van der Waals surface area contributed by atoms with Gasteiger partial charge in [-0.1, -0.05) is 68.3 Å². The van der Waals surface area contributed by atoms with Crippen LogP contribution in [0.2, 0.25) is 0 Å². The Balaban J connectivity index is 1.00. The van der Waals surface area contributed by atoms with E-state index in [2.05, 4.69) is 103 Å². The Morgan fingerprint density at radius 1 is 0.538 bits per heavy atom. The van der Waals surface area contributed by atoms with E-state index in [1.165, 1.54) is 0 Å². The van der Waals surface area contributed by atoms with Crippen LogP contribution in [0, 0.1) is 0 Å². The first-order valence-corrected chi connectivity index (χ1v) is 18.0. The van der Waals surface area contributed by atoms with Gasteiger partial charge in [0, 0.05) is 46.5 Å². The van der Waals surface area contributed by atoms with Crippen LogP contribution >= 0.6 is 31.9 Å². The lowest BCUT2D eigenvalue weighted by atomic mass is 10.2. The lowest BCUT2D eigenvalue weighted by Crippen LogP contribution is -2.37. The molecular formula is C34H34Br2N14O2. The number of aromatic nitrogens is 6. The molecule has 0 bridgehead atoms. The third-order valence-corrected chi connectivity index (χ3v) is 8.68. The number of morpholine rings is 2. The first kappa shape index (κ1) is 35.1. The van der Waals surface area contributed by atoms with E-state index in [9.17, 15) is 0 Å². The first-order valence-electron chi connectivity index (χ1n) is 16.4. The van der Waals surface area contributed by atoms with Gasteiger partial charge >= 0.3 is 0 Å². The van der Waals surface area contributed by atoms with Crippen LogP contribution in [0.5, 0.6) is 0 Å². The van der Waals surface area contributed by atoms with Gasteiger partial charge in [-0.2, -0.15) is 40.1 Å². The van der Waals surface area contributed by atoms with Crippen molar-refractivity contribution >= 4 is 91.4 Å². The zero-order valence-corrected chi connectivity index (χ0v) is 31.0. The SMILES string of the molecule is Brc1cccc(Nc2nc(N/N=C/c3ccc(/C=N/Nc4nc(Nc5cccc(Br)c5)nc(N5CCOCC5)n4)cc3)nc(N3CCOCC3)n2)c1. The smallest absolute Gasteiger partial charge is 0.250 e. The van der Waals surface area contributed by atoms with E-state index in [1.807, 2.05) is 72.8 Å². The van der Waals surface area contributed by atoms with Gasteiger partial charge in [-0.05, 0) is 47.5 Å². The molecule has 3 aromatic carbocycles. The van der Waals surface area contributed by atoms with Crippen molar-refractivity contribution in [3.8, 4) is 0 Å². The van der Waals surface area contributed by atoms with Gasteiger partial charge in [-0.15, -0.1) is 0 Å². The molecule has 0 aliphatic carbocycles. The lowest BCUT2D eigenvalue weighted by molar-refractivity contribution is 0.122. The van der Waals surface area contributed by atoms with Crippen molar-refractivity contribution in [2.75, 3.05) is 83.9 Å². The molecule has 2 aliphatic heterocycles. The van der Waals surface area contributed by atoms with E-state index in [-0.39, 0.29) is 0 Å². The van der Waals surface area contributed by atoms with Crippen LogP contribution in [-0.2, 0) is 9.47 Å². The number of benzene rings is 3. The molecule has 5 aromatic rings. The van der Waals surface area contributed by atoms with E-state index in [0.717, 1.165) is 31.4 Å². The first-order chi connectivity index (χ1) is 25.5. The topological polar surface area (TPSA) is 175 Å². The van der Waals surface area contributed by atoms with Gasteiger partial charge in [0.25, 0.3) is 0 Å². The number of hydrogen-bond donors (Lipinski definition) is 4. The molecule has 7 rings (SSSR count). The second-order valence-corrected chi connectivity index (χ2v) is 13.3. The number of nitrogens with zero attached hydrogens (tertiary/aromatic N) is 10. The third kappa shape index (κ3) is 9.93. The largest absolute Gasteiger partial charge is 0.378 e. The minimum atomic E-state index is 0.310. The second kappa shape index (κ2) is 17.3. The Kier molecular flexibility index (Phi) is 11.7. The van der Waals surface area contributed by atoms with Gasteiger partial charge in [0.05, 0.1) is 38.9 Å². The summed E-state index contributed by atoms with van der Waals surface area (Å²) < 4.78 is 12.9. The second-order valence-electron chi connectivity index (χ2n) is 11.4. The van der Waals surface area contributed by atoms with Gasteiger partial charge in [0.2, 0.25) is 35.7 Å². The normalized spacial score (nSPS) is 14.9. The molecule has 18 heteroatoms. The molecule has 4 heterocycles. The number of ether oxygens (including phenoxy) is 2. The number of hydrogen-bond acceptors (Lipinski definition) is 16. The quantitative estimate of drug-likeness (QED) is 0.0899. The molecule has 266 valence electrons. The van der Waals surface area contributed by atoms with Crippen LogP contribution in [0.25, 0.3) is 0 Å². The number of nitrogens with one attached hydrogen (secondary N) is 4. The average molecular weight is 831 g/mol. The Morgan fingerprint density at radius 3 is 1.35 bits per heavy atom. The van der Waals surface area contributed by atoms with E-state index < -0.39 is 0 Å². The van der Waals surface area contributed by atoms with Crippen LogP contribution in [-0.4, -0.2) is 94.9 Å². The van der Waals surface area contributed by atoms with Crippen molar-refractivity contribution in [1.82, 2.24) is 29.9 Å². The fraction of sp³-hybridized carbons (Fsp3) is 0.235. The number of hydrazone groups is 2. The number of rotatable bonds is 12. The Hall–Kier alpha value is -5.30. The standard InChI is InChI=1S/C34H34Br2N14O2/c35-25-3-1-5-27(19-25)39-29-41-31(45-33(43-29)49-11-15-51-16-12-49)47-37-21-23-7-9-24(10-8-23)22-38-48-32-42-30(40-28-6-2-4-26(36)20-28)44-34(46-32)50-13-17-52-18-14-50/h1-10,19-22H,11-18H2,(H2,39,41,43,45,47)(H2,40,42,44,46,48)/b37-21+,38-22+. The molecule has 2 aromatic heterocycles. The number of halogens is 2. The van der Waals surface area contributed by atoms with Crippen LogP contribution in [0.3, 0.4) is 0 Å².